The fourth-order valence-electron chi connectivity index (χ4n) is 1.60. The van der Waals surface area contributed by atoms with Crippen molar-refractivity contribution in [1.29, 1.82) is 0 Å². The number of aliphatic hydroxyl groups is 1. The van der Waals surface area contributed by atoms with E-state index < -0.39 is 5.60 Å². The molecule has 2 N–H and O–H groups in total. The number of carbonyl (C=O) groups is 1. The number of carbonyl (C=O) groups excluding carboxylic acids is 1. The van der Waals surface area contributed by atoms with Crippen LogP contribution in [0.3, 0.4) is 0 Å². The molecule has 0 aliphatic heterocycles. The topological polar surface area (TPSA) is 62.2 Å². The molecule has 0 spiro atoms. The Labute approximate surface area is 95.7 Å². The number of nitrogens with zero attached hydrogens (tertiary/aromatic N) is 1. The van der Waals surface area contributed by atoms with E-state index in [0.717, 1.165) is 0 Å². The first-order valence-corrected chi connectivity index (χ1v) is 5.32. The largest absolute Gasteiger partial charge is 0.390 e. The quantitative estimate of drug-likeness (QED) is 0.808. The lowest BCUT2D eigenvalue weighted by Gasteiger charge is -2.22. The molecule has 0 aromatic carbocycles. The minimum Gasteiger partial charge on any atom is -0.390 e. The molecule has 88 valence electrons. The van der Waals surface area contributed by atoms with Crippen LogP contribution in [0.15, 0.2) is 24.5 Å². The second-order valence-electron chi connectivity index (χ2n) is 4.63. The zero-order valence-electron chi connectivity index (χ0n) is 9.90. The summed E-state index contributed by atoms with van der Waals surface area (Å²) in [7, 11) is 0. The van der Waals surface area contributed by atoms with Gasteiger partial charge in [-0.2, -0.15) is 0 Å². The molecular formula is C12H18N2O2. The van der Waals surface area contributed by atoms with Gasteiger partial charge in [0, 0.05) is 18.4 Å². The van der Waals surface area contributed by atoms with E-state index in [-0.39, 0.29) is 11.9 Å². The van der Waals surface area contributed by atoms with E-state index in [2.05, 4.69) is 10.3 Å². The van der Waals surface area contributed by atoms with Gasteiger partial charge in [-0.25, -0.2) is 0 Å². The van der Waals surface area contributed by atoms with Crippen molar-refractivity contribution in [2.75, 3.05) is 0 Å². The molecule has 16 heavy (non-hydrogen) atoms. The first kappa shape index (κ1) is 12.6. The normalized spacial score (nSPS) is 13.2. The maximum Gasteiger partial charge on any atom is 0.253 e. The maximum absolute atomic E-state index is 11.7. The zero-order chi connectivity index (χ0) is 12.2. The minimum atomic E-state index is -0.776. The number of amides is 1. The van der Waals surface area contributed by atoms with Crippen molar-refractivity contribution in [3.8, 4) is 0 Å². The molecule has 1 aromatic heterocycles. The Bertz CT molecular complexity index is 344. The monoisotopic (exact) mass is 222 g/mol. The number of hydrogen-bond donors (Lipinski definition) is 2. The van der Waals surface area contributed by atoms with E-state index in [1.807, 2.05) is 6.92 Å². The molecule has 0 saturated heterocycles. The number of nitrogens with one attached hydrogen (secondary N) is 1. The molecule has 4 nitrogen and oxygen atoms in total. The van der Waals surface area contributed by atoms with Crippen molar-refractivity contribution in [1.82, 2.24) is 10.3 Å². The predicted molar refractivity (Wildman–Crippen MR) is 62.1 cm³/mol. The van der Waals surface area contributed by atoms with Crippen LogP contribution in [0.4, 0.5) is 0 Å². The summed E-state index contributed by atoms with van der Waals surface area (Å²) < 4.78 is 0. The summed E-state index contributed by atoms with van der Waals surface area (Å²) in [5.74, 6) is -0.162. The summed E-state index contributed by atoms with van der Waals surface area (Å²) in [5.41, 5.74) is -0.244. The third-order valence-corrected chi connectivity index (χ3v) is 2.11. The van der Waals surface area contributed by atoms with Crippen LogP contribution in [-0.2, 0) is 0 Å². The van der Waals surface area contributed by atoms with Gasteiger partial charge in [0.05, 0.1) is 11.2 Å². The Morgan fingerprint density at radius 3 is 2.81 bits per heavy atom. The number of hydrogen-bond acceptors (Lipinski definition) is 3. The number of rotatable bonds is 4. The lowest BCUT2D eigenvalue weighted by molar-refractivity contribution is 0.0593. The molecule has 4 heteroatoms. The van der Waals surface area contributed by atoms with Gasteiger partial charge in [-0.05, 0) is 39.3 Å². The van der Waals surface area contributed by atoms with Crippen molar-refractivity contribution in [2.45, 2.75) is 38.8 Å². The fraction of sp³-hybridized carbons (Fsp3) is 0.500. The van der Waals surface area contributed by atoms with E-state index in [9.17, 15) is 9.90 Å². The highest BCUT2D eigenvalue weighted by molar-refractivity contribution is 5.93. The molecule has 1 amide bonds. The lowest BCUT2D eigenvalue weighted by atomic mass is 10.0. The third kappa shape index (κ3) is 4.40. The smallest absolute Gasteiger partial charge is 0.253 e. The summed E-state index contributed by atoms with van der Waals surface area (Å²) in [4.78, 5) is 15.6. The van der Waals surface area contributed by atoms with Gasteiger partial charge in [-0.1, -0.05) is 0 Å². The van der Waals surface area contributed by atoms with Crippen LogP contribution in [0.5, 0.6) is 0 Å². The molecule has 0 radical (unpaired) electrons. The molecule has 1 rings (SSSR count). The van der Waals surface area contributed by atoms with Crippen LogP contribution in [0, 0.1) is 0 Å². The number of pyridine rings is 1. The average Bonchev–Trinajstić information content (AvgIpc) is 2.16. The van der Waals surface area contributed by atoms with Gasteiger partial charge < -0.3 is 10.4 Å². The standard InChI is InChI=1S/C12H18N2O2/c1-9(7-12(2,3)16)14-11(15)10-5-4-6-13-8-10/h4-6,8-9,16H,7H2,1-3H3,(H,14,15). The molecule has 1 atom stereocenters. The van der Waals surface area contributed by atoms with Gasteiger partial charge in [-0.15, -0.1) is 0 Å². The van der Waals surface area contributed by atoms with E-state index in [1.165, 1.54) is 6.20 Å². The van der Waals surface area contributed by atoms with Gasteiger partial charge >= 0.3 is 0 Å². The molecular weight excluding hydrogens is 204 g/mol. The summed E-state index contributed by atoms with van der Waals surface area (Å²) >= 11 is 0. The zero-order valence-corrected chi connectivity index (χ0v) is 9.90. The van der Waals surface area contributed by atoms with Gasteiger partial charge in [0.15, 0.2) is 0 Å². The SMILES string of the molecule is CC(CC(C)(C)O)NC(=O)c1cccnc1. The predicted octanol–water partition coefficient (Wildman–Crippen LogP) is 1.36. The molecule has 0 aliphatic rings. The van der Waals surface area contributed by atoms with E-state index >= 15 is 0 Å². The minimum absolute atomic E-state index is 0.0762. The van der Waals surface area contributed by atoms with Crippen molar-refractivity contribution < 1.29 is 9.90 Å². The van der Waals surface area contributed by atoms with Crippen LogP contribution in [0.25, 0.3) is 0 Å². The highest BCUT2D eigenvalue weighted by atomic mass is 16.3. The van der Waals surface area contributed by atoms with E-state index in [0.29, 0.717) is 12.0 Å². The van der Waals surface area contributed by atoms with Crippen molar-refractivity contribution in [2.24, 2.45) is 0 Å². The van der Waals surface area contributed by atoms with Crippen LogP contribution in [0.1, 0.15) is 37.6 Å². The Balaban J connectivity index is 2.53. The first-order valence-electron chi connectivity index (χ1n) is 5.32. The summed E-state index contributed by atoms with van der Waals surface area (Å²) in [6.45, 7) is 5.31. The maximum atomic E-state index is 11.7. The summed E-state index contributed by atoms with van der Waals surface area (Å²) in [6, 6.07) is 3.35. The molecule has 0 saturated carbocycles. The average molecular weight is 222 g/mol. The Morgan fingerprint density at radius 1 is 1.62 bits per heavy atom. The molecule has 0 bridgehead atoms. The Morgan fingerprint density at radius 2 is 2.31 bits per heavy atom. The molecule has 0 fully saturated rings. The highest BCUT2D eigenvalue weighted by Gasteiger charge is 2.18. The molecule has 1 unspecified atom stereocenters. The van der Waals surface area contributed by atoms with Crippen molar-refractivity contribution in [3.05, 3.63) is 30.1 Å². The second-order valence-corrected chi connectivity index (χ2v) is 4.63. The van der Waals surface area contributed by atoms with Crippen molar-refractivity contribution >= 4 is 5.91 Å². The third-order valence-electron chi connectivity index (χ3n) is 2.11. The van der Waals surface area contributed by atoms with Crippen molar-refractivity contribution in [3.63, 3.8) is 0 Å². The van der Waals surface area contributed by atoms with Crippen LogP contribution >= 0.6 is 0 Å². The van der Waals surface area contributed by atoms with Gasteiger partial charge in [-0.3, -0.25) is 9.78 Å². The molecule has 0 aliphatic carbocycles. The van der Waals surface area contributed by atoms with E-state index in [4.69, 9.17) is 0 Å². The fourth-order valence-corrected chi connectivity index (χ4v) is 1.60. The van der Waals surface area contributed by atoms with Crippen LogP contribution < -0.4 is 5.32 Å². The summed E-state index contributed by atoms with van der Waals surface area (Å²) in [6.07, 6.45) is 3.65. The highest BCUT2D eigenvalue weighted by Crippen LogP contribution is 2.10. The van der Waals surface area contributed by atoms with Gasteiger partial charge in [0.2, 0.25) is 0 Å². The van der Waals surface area contributed by atoms with Gasteiger partial charge in [0.1, 0.15) is 0 Å². The number of aromatic nitrogens is 1. The lowest BCUT2D eigenvalue weighted by Crippen LogP contribution is -2.38. The van der Waals surface area contributed by atoms with Gasteiger partial charge in [0.25, 0.3) is 5.91 Å². The van der Waals surface area contributed by atoms with E-state index in [1.54, 1.807) is 32.2 Å². The Kier molecular flexibility index (Phi) is 4.01. The van der Waals surface area contributed by atoms with Crippen LogP contribution in [-0.4, -0.2) is 27.6 Å². The second kappa shape index (κ2) is 5.07. The van der Waals surface area contributed by atoms with Crippen LogP contribution in [0.2, 0.25) is 0 Å². The molecule has 1 aromatic rings. The Hall–Kier alpha value is -1.42. The first-order chi connectivity index (χ1) is 7.38. The summed E-state index contributed by atoms with van der Waals surface area (Å²) in [5, 5.41) is 12.4. The molecule has 1 heterocycles.